The maximum Gasteiger partial charge on any atom is 0.253 e. The minimum absolute atomic E-state index is 0.0353. The summed E-state index contributed by atoms with van der Waals surface area (Å²) in [5.74, 6) is 0.264. The number of carbonyl (C=O) groups excluding carboxylic acids is 2. The van der Waals surface area contributed by atoms with E-state index in [1.807, 2.05) is 0 Å². The SMILES string of the molecule is NCC(=O)N1CCCC(C2=NC3(CCN(S(=O)(=O)c4cccc(Cl)c4)CC3)C(=O)N2)C1. The number of amidine groups is 1. The number of piperidine rings is 2. The van der Waals surface area contributed by atoms with Crippen LogP contribution in [0.3, 0.4) is 0 Å². The number of nitrogens with one attached hydrogen (secondary N) is 1. The van der Waals surface area contributed by atoms with Crippen LogP contribution in [0.1, 0.15) is 25.7 Å². The Morgan fingerprint density at radius 1 is 1.29 bits per heavy atom. The van der Waals surface area contributed by atoms with Gasteiger partial charge < -0.3 is 16.0 Å². The summed E-state index contributed by atoms with van der Waals surface area (Å²) in [6, 6.07) is 6.17. The maximum absolute atomic E-state index is 12.9. The summed E-state index contributed by atoms with van der Waals surface area (Å²) in [7, 11) is -3.69. The number of amides is 2. The largest absolute Gasteiger partial charge is 0.341 e. The van der Waals surface area contributed by atoms with Gasteiger partial charge in [0.1, 0.15) is 11.4 Å². The number of benzene rings is 1. The molecule has 1 aromatic carbocycles. The number of rotatable bonds is 4. The third kappa shape index (κ3) is 4.21. The molecule has 0 aliphatic carbocycles. The Morgan fingerprint density at radius 2 is 2.03 bits per heavy atom. The highest BCUT2D eigenvalue weighted by atomic mass is 35.5. The van der Waals surface area contributed by atoms with E-state index in [1.54, 1.807) is 17.0 Å². The standard InChI is InChI=1S/C20H26ClN5O4S/c21-15-4-1-5-16(11-15)31(29,30)26-9-6-20(7-10-26)19(28)23-18(24-20)14-3-2-8-25(13-14)17(27)12-22/h1,4-5,11,14H,2-3,6-10,12-13,22H2,(H,23,24,28). The molecule has 0 saturated carbocycles. The predicted octanol–water partition coefficient (Wildman–Crippen LogP) is 0.589. The van der Waals surface area contributed by atoms with Gasteiger partial charge in [0.05, 0.1) is 11.4 Å². The lowest BCUT2D eigenvalue weighted by Crippen LogP contribution is -2.50. The molecule has 0 radical (unpaired) electrons. The van der Waals surface area contributed by atoms with Crippen LogP contribution in [0, 0.1) is 5.92 Å². The van der Waals surface area contributed by atoms with Crippen molar-refractivity contribution in [3.8, 4) is 0 Å². The minimum Gasteiger partial charge on any atom is -0.341 e. The van der Waals surface area contributed by atoms with Crippen molar-refractivity contribution in [2.45, 2.75) is 36.1 Å². The van der Waals surface area contributed by atoms with Crippen molar-refractivity contribution >= 4 is 39.3 Å². The van der Waals surface area contributed by atoms with Crippen molar-refractivity contribution in [2.24, 2.45) is 16.6 Å². The zero-order valence-corrected chi connectivity index (χ0v) is 18.7. The first-order chi connectivity index (χ1) is 14.7. The zero-order chi connectivity index (χ0) is 22.2. The van der Waals surface area contributed by atoms with E-state index in [0.29, 0.717) is 36.8 Å². The maximum atomic E-state index is 12.9. The number of halogens is 1. The van der Waals surface area contributed by atoms with Gasteiger partial charge in [-0.3, -0.25) is 14.6 Å². The summed E-state index contributed by atoms with van der Waals surface area (Å²) in [6.07, 6.45) is 2.27. The molecule has 0 bridgehead atoms. The molecule has 2 saturated heterocycles. The molecule has 31 heavy (non-hydrogen) atoms. The van der Waals surface area contributed by atoms with E-state index in [2.05, 4.69) is 5.32 Å². The average Bonchev–Trinajstić information content (AvgIpc) is 3.09. The number of sulfonamides is 1. The number of hydrogen-bond donors (Lipinski definition) is 2. The van der Waals surface area contributed by atoms with Crippen LogP contribution < -0.4 is 11.1 Å². The van der Waals surface area contributed by atoms with Gasteiger partial charge in [0.2, 0.25) is 15.9 Å². The molecular formula is C20H26ClN5O4S. The molecule has 11 heteroatoms. The highest BCUT2D eigenvalue weighted by Crippen LogP contribution is 2.34. The number of nitrogens with two attached hydrogens (primary N) is 1. The Hall–Kier alpha value is -2.01. The first kappa shape index (κ1) is 22.2. The van der Waals surface area contributed by atoms with Crippen molar-refractivity contribution in [2.75, 3.05) is 32.7 Å². The number of carbonyl (C=O) groups is 2. The highest BCUT2D eigenvalue weighted by Gasteiger charge is 2.48. The number of likely N-dealkylation sites (tertiary alicyclic amines) is 1. The van der Waals surface area contributed by atoms with E-state index in [9.17, 15) is 18.0 Å². The van der Waals surface area contributed by atoms with Crippen LogP contribution >= 0.6 is 11.6 Å². The van der Waals surface area contributed by atoms with Gasteiger partial charge in [-0.05, 0) is 43.9 Å². The van der Waals surface area contributed by atoms with Crippen LogP contribution in [0.25, 0.3) is 0 Å². The van der Waals surface area contributed by atoms with Gasteiger partial charge in [0, 0.05) is 37.1 Å². The Kier molecular flexibility index (Phi) is 6.08. The second kappa shape index (κ2) is 8.50. The van der Waals surface area contributed by atoms with E-state index < -0.39 is 15.6 Å². The van der Waals surface area contributed by atoms with Gasteiger partial charge in [0.15, 0.2) is 0 Å². The molecule has 2 fully saturated rings. The molecule has 1 aromatic rings. The van der Waals surface area contributed by atoms with E-state index in [1.165, 1.54) is 16.4 Å². The fourth-order valence-corrected chi connectivity index (χ4v) is 6.25. The van der Waals surface area contributed by atoms with Crippen LogP contribution in [-0.2, 0) is 19.6 Å². The van der Waals surface area contributed by atoms with Crippen molar-refractivity contribution in [3.63, 3.8) is 0 Å². The fraction of sp³-hybridized carbons (Fsp3) is 0.550. The zero-order valence-electron chi connectivity index (χ0n) is 17.1. The molecule has 1 atom stereocenters. The average molecular weight is 468 g/mol. The van der Waals surface area contributed by atoms with E-state index >= 15 is 0 Å². The van der Waals surface area contributed by atoms with Gasteiger partial charge >= 0.3 is 0 Å². The van der Waals surface area contributed by atoms with Crippen LogP contribution in [-0.4, -0.2) is 73.5 Å². The molecule has 168 valence electrons. The van der Waals surface area contributed by atoms with Crippen molar-refractivity contribution in [3.05, 3.63) is 29.3 Å². The molecule has 9 nitrogen and oxygen atoms in total. The van der Waals surface area contributed by atoms with Crippen molar-refractivity contribution in [1.29, 1.82) is 0 Å². The quantitative estimate of drug-likeness (QED) is 0.670. The van der Waals surface area contributed by atoms with Crippen molar-refractivity contribution in [1.82, 2.24) is 14.5 Å². The molecular weight excluding hydrogens is 442 g/mol. The molecule has 4 rings (SSSR count). The number of hydrogen-bond acceptors (Lipinski definition) is 6. The highest BCUT2D eigenvalue weighted by molar-refractivity contribution is 7.89. The molecule has 3 N–H and O–H groups in total. The second-order valence-corrected chi connectivity index (χ2v) is 10.6. The van der Waals surface area contributed by atoms with Crippen molar-refractivity contribution < 1.29 is 18.0 Å². The molecule has 3 aliphatic rings. The number of aliphatic imine (C=N–C) groups is 1. The number of nitrogens with zero attached hydrogens (tertiary/aromatic N) is 3. The lowest BCUT2D eigenvalue weighted by Gasteiger charge is -2.35. The van der Waals surface area contributed by atoms with Gasteiger partial charge in [-0.25, -0.2) is 8.42 Å². The first-order valence-corrected chi connectivity index (χ1v) is 12.2. The molecule has 1 unspecified atom stereocenters. The van der Waals surface area contributed by atoms with Gasteiger partial charge in [-0.2, -0.15) is 4.31 Å². The summed E-state index contributed by atoms with van der Waals surface area (Å²) >= 11 is 5.95. The fourth-order valence-electron chi connectivity index (χ4n) is 4.50. The van der Waals surface area contributed by atoms with Crippen LogP contribution in [0.5, 0.6) is 0 Å². The molecule has 1 spiro atoms. The summed E-state index contributed by atoms with van der Waals surface area (Å²) in [4.78, 5) is 31.4. The Labute approximate surface area is 186 Å². The smallest absolute Gasteiger partial charge is 0.253 e. The summed E-state index contributed by atoms with van der Waals surface area (Å²) in [5, 5.41) is 3.27. The van der Waals surface area contributed by atoms with E-state index in [4.69, 9.17) is 22.3 Å². The Morgan fingerprint density at radius 3 is 2.71 bits per heavy atom. The summed E-state index contributed by atoms with van der Waals surface area (Å²) in [6.45, 7) is 1.51. The lowest BCUT2D eigenvalue weighted by molar-refractivity contribution is -0.131. The van der Waals surface area contributed by atoms with Crippen LogP contribution in [0.15, 0.2) is 34.2 Å². The summed E-state index contributed by atoms with van der Waals surface area (Å²) in [5.41, 5.74) is 4.53. The second-order valence-electron chi connectivity index (χ2n) is 8.23. The van der Waals surface area contributed by atoms with E-state index in [0.717, 1.165) is 12.8 Å². The molecule has 3 heterocycles. The third-order valence-electron chi connectivity index (χ3n) is 6.32. The molecule has 3 aliphatic heterocycles. The van der Waals surface area contributed by atoms with Gasteiger partial charge in [-0.15, -0.1) is 0 Å². The minimum atomic E-state index is -3.69. The Bertz CT molecular complexity index is 1020. The predicted molar refractivity (Wildman–Crippen MR) is 116 cm³/mol. The van der Waals surface area contributed by atoms with Gasteiger partial charge in [0.25, 0.3) is 5.91 Å². The first-order valence-electron chi connectivity index (χ1n) is 10.4. The normalized spacial score (nSPS) is 24.2. The summed E-state index contributed by atoms with van der Waals surface area (Å²) < 4.78 is 27.3. The molecule has 2 amide bonds. The third-order valence-corrected chi connectivity index (χ3v) is 8.45. The topological polar surface area (TPSA) is 125 Å². The lowest BCUT2D eigenvalue weighted by atomic mass is 9.89. The van der Waals surface area contributed by atoms with Gasteiger partial charge in [-0.1, -0.05) is 17.7 Å². The Balaban J connectivity index is 1.47. The monoisotopic (exact) mass is 467 g/mol. The van der Waals surface area contributed by atoms with E-state index in [-0.39, 0.29) is 42.3 Å². The van der Waals surface area contributed by atoms with Crippen LogP contribution in [0.2, 0.25) is 5.02 Å². The molecule has 0 aromatic heterocycles. The van der Waals surface area contributed by atoms with Crippen LogP contribution in [0.4, 0.5) is 0 Å².